The fourth-order valence-corrected chi connectivity index (χ4v) is 5.47. The van der Waals surface area contributed by atoms with Gasteiger partial charge in [0, 0.05) is 37.4 Å². The molecule has 3 aliphatic rings. The van der Waals surface area contributed by atoms with Gasteiger partial charge in [0.15, 0.2) is 11.5 Å². The first-order valence-electron chi connectivity index (χ1n) is 13.1. The highest BCUT2D eigenvalue weighted by molar-refractivity contribution is 5.74. The second-order valence-electron chi connectivity index (χ2n) is 10.2. The average molecular weight is 499 g/mol. The molecule has 0 radical (unpaired) electrons. The lowest BCUT2D eigenvalue weighted by Gasteiger charge is -2.48. The second kappa shape index (κ2) is 11.1. The van der Waals surface area contributed by atoms with Crippen molar-refractivity contribution in [3.8, 4) is 6.07 Å². The molecule has 2 aromatic heterocycles. The van der Waals surface area contributed by atoms with Crippen LogP contribution in [0.25, 0.3) is 0 Å². The molecule has 9 heteroatoms. The molecule has 2 unspecified atom stereocenters. The number of piperidine rings is 2. The van der Waals surface area contributed by atoms with Crippen molar-refractivity contribution in [1.82, 2.24) is 24.6 Å². The van der Waals surface area contributed by atoms with Gasteiger partial charge in [0.1, 0.15) is 18.2 Å². The van der Waals surface area contributed by atoms with E-state index in [-0.39, 0.29) is 0 Å². The Hall–Kier alpha value is -3.77. The van der Waals surface area contributed by atoms with E-state index < -0.39 is 0 Å². The second-order valence-corrected chi connectivity index (χ2v) is 10.2. The van der Waals surface area contributed by atoms with E-state index in [1.54, 1.807) is 17.1 Å². The topological polar surface area (TPSA) is 103 Å². The van der Waals surface area contributed by atoms with Crippen LogP contribution in [0.5, 0.6) is 0 Å². The first-order chi connectivity index (χ1) is 18.1. The molecule has 6 rings (SSSR count). The Morgan fingerprint density at radius 3 is 2.46 bits per heavy atom. The SMILES string of the molecule is CN1CCCC2C1CCCN2c1cnc(C#N)c(Nc2cnn(C)c2)n1.O=Cc1ccc(C2CC2)cc1. The number of nitrogens with zero attached hydrogens (tertiary/aromatic N) is 7. The van der Waals surface area contributed by atoms with Gasteiger partial charge in [-0.1, -0.05) is 24.3 Å². The van der Waals surface area contributed by atoms with Crippen LogP contribution in [0.1, 0.15) is 66.1 Å². The van der Waals surface area contributed by atoms with Gasteiger partial charge in [-0.05, 0) is 63.6 Å². The Labute approximate surface area is 218 Å². The molecule has 3 aromatic rings. The number of fused-ring (bicyclic) bond motifs is 1. The van der Waals surface area contributed by atoms with Gasteiger partial charge in [0.05, 0.1) is 18.1 Å². The first kappa shape index (κ1) is 24.9. The molecule has 0 bridgehead atoms. The highest BCUT2D eigenvalue weighted by Crippen LogP contribution is 2.39. The van der Waals surface area contributed by atoms with Crippen LogP contribution in [0.3, 0.4) is 0 Å². The van der Waals surface area contributed by atoms with E-state index in [1.807, 2.05) is 25.4 Å². The number of carbonyl (C=O) groups excluding carboxylic acids is 1. The predicted octanol–water partition coefficient (Wildman–Crippen LogP) is 4.26. The van der Waals surface area contributed by atoms with Crippen LogP contribution in [0.2, 0.25) is 0 Å². The smallest absolute Gasteiger partial charge is 0.183 e. The lowest BCUT2D eigenvalue weighted by molar-refractivity contribution is 0.112. The summed E-state index contributed by atoms with van der Waals surface area (Å²) in [6.45, 7) is 2.16. The number of rotatable bonds is 5. The summed E-state index contributed by atoms with van der Waals surface area (Å²) in [5.74, 6) is 2.13. The van der Waals surface area contributed by atoms with E-state index in [4.69, 9.17) is 4.98 Å². The normalized spacial score (nSPS) is 21.3. The quantitative estimate of drug-likeness (QED) is 0.521. The van der Waals surface area contributed by atoms with Crippen molar-refractivity contribution in [3.63, 3.8) is 0 Å². The summed E-state index contributed by atoms with van der Waals surface area (Å²) in [4.78, 5) is 24.3. The van der Waals surface area contributed by atoms with Crippen molar-refractivity contribution in [3.05, 3.63) is 59.7 Å². The molecule has 37 heavy (non-hydrogen) atoms. The number of aromatic nitrogens is 4. The van der Waals surface area contributed by atoms with E-state index >= 15 is 0 Å². The number of likely N-dealkylation sites (tertiary alicyclic amines) is 1. The van der Waals surface area contributed by atoms with Crippen molar-refractivity contribution >= 4 is 23.6 Å². The Bertz CT molecular complexity index is 1260. The monoisotopic (exact) mass is 498 g/mol. The summed E-state index contributed by atoms with van der Waals surface area (Å²) >= 11 is 0. The Balaban J connectivity index is 0.000000212. The first-order valence-corrected chi connectivity index (χ1v) is 13.1. The molecule has 1 aliphatic carbocycles. The summed E-state index contributed by atoms with van der Waals surface area (Å²) in [6.07, 6.45) is 13.6. The molecule has 4 heterocycles. The van der Waals surface area contributed by atoms with E-state index in [9.17, 15) is 10.1 Å². The maximum atomic E-state index is 10.3. The average Bonchev–Trinajstić information content (AvgIpc) is 3.70. The predicted molar refractivity (Wildman–Crippen MR) is 143 cm³/mol. The summed E-state index contributed by atoms with van der Waals surface area (Å²) in [6, 6.07) is 11.1. The molecule has 2 atom stereocenters. The van der Waals surface area contributed by atoms with Gasteiger partial charge in [-0.2, -0.15) is 10.4 Å². The molecule has 2 saturated heterocycles. The van der Waals surface area contributed by atoms with E-state index in [2.05, 4.69) is 50.4 Å². The molecular formula is C28H34N8O. The van der Waals surface area contributed by atoms with Crippen molar-refractivity contribution in [2.24, 2.45) is 7.05 Å². The number of hydrogen-bond acceptors (Lipinski definition) is 8. The molecule has 3 fully saturated rings. The minimum Gasteiger partial charge on any atom is -0.351 e. The van der Waals surface area contributed by atoms with Gasteiger partial charge >= 0.3 is 0 Å². The van der Waals surface area contributed by atoms with Gasteiger partial charge in [-0.25, -0.2) is 9.97 Å². The van der Waals surface area contributed by atoms with Crippen molar-refractivity contribution < 1.29 is 4.79 Å². The Morgan fingerprint density at radius 1 is 1.03 bits per heavy atom. The van der Waals surface area contributed by atoms with E-state index in [0.717, 1.165) is 42.2 Å². The lowest BCUT2D eigenvalue weighted by atomic mass is 9.88. The molecule has 1 N–H and O–H groups in total. The third kappa shape index (κ3) is 5.81. The summed E-state index contributed by atoms with van der Waals surface area (Å²) < 4.78 is 1.71. The number of hydrogen-bond donors (Lipinski definition) is 1. The Kier molecular flexibility index (Phi) is 7.47. The molecule has 9 nitrogen and oxygen atoms in total. The third-order valence-corrected chi connectivity index (χ3v) is 7.57. The summed E-state index contributed by atoms with van der Waals surface area (Å²) in [5.41, 5.74) is 3.25. The van der Waals surface area contributed by atoms with Crippen molar-refractivity contribution in [1.29, 1.82) is 5.26 Å². The molecule has 1 aromatic carbocycles. The van der Waals surface area contributed by atoms with E-state index in [0.29, 0.717) is 23.6 Å². The van der Waals surface area contributed by atoms with Crippen LogP contribution < -0.4 is 10.2 Å². The molecule has 0 amide bonds. The number of likely N-dealkylation sites (N-methyl/N-ethyl adjacent to an activating group) is 1. The van der Waals surface area contributed by atoms with Crippen LogP contribution in [-0.2, 0) is 7.05 Å². The van der Waals surface area contributed by atoms with Gasteiger partial charge in [-0.3, -0.25) is 9.48 Å². The lowest BCUT2D eigenvalue weighted by Crippen LogP contribution is -2.57. The summed E-state index contributed by atoms with van der Waals surface area (Å²) in [5, 5.41) is 16.7. The highest BCUT2D eigenvalue weighted by atomic mass is 16.1. The zero-order chi connectivity index (χ0) is 25.8. The number of nitrogens with one attached hydrogen (secondary N) is 1. The molecule has 0 spiro atoms. The van der Waals surface area contributed by atoms with Crippen LogP contribution in [0, 0.1) is 11.3 Å². The number of anilines is 3. The van der Waals surface area contributed by atoms with E-state index in [1.165, 1.54) is 44.2 Å². The van der Waals surface area contributed by atoms with Crippen LogP contribution in [0.15, 0.2) is 42.9 Å². The summed E-state index contributed by atoms with van der Waals surface area (Å²) in [7, 11) is 4.08. The number of carbonyl (C=O) groups is 1. The third-order valence-electron chi connectivity index (χ3n) is 7.57. The molecule has 2 aliphatic heterocycles. The van der Waals surface area contributed by atoms with Gasteiger partial charge in [0.2, 0.25) is 0 Å². The van der Waals surface area contributed by atoms with Crippen molar-refractivity contribution in [2.45, 2.75) is 56.5 Å². The van der Waals surface area contributed by atoms with Gasteiger partial charge in [-0.15, -0.1) is 0 Å². The highest BCUT2D eigenvalue weighted by Gasteiger charge is 2.37. The van der Waals surface area contributed by atoms with Crippen LogP contribution in [0.4, 0.5) is 17.3 Å². The van der Waals surface area contributed by atoms with Crippen molar-refractivity contribution in [2.75, 3.05) is 30.4 Å². The number of aryl methyl sites for hydroxylation is 1. The van der Waals surface area contributed by atoms with Crippen LogP contribution in [-0.4, -0.2) is 63.2 Å². The zero-order valence-electron chi connectivity index (χ0n) is 21.5. The van der Waals surface area contributed by atoms with Gasteiger partial charge in [0.25, 0.3) is 0 Å². The largest absolute Gasteiger partial charge is 0.351 e. The number of benzene rings is 1. The minimum absolute atomic E-state index is 0.298. The Morgan fingerprint density at radius 2 is 1.78 bits per heavy atom. The number of aldehydes is 1. The molecular weight excluding hydrogens is 464 g/mol. The standard InChI is InChI=1S/C18H24N8.C10H10O/c1-24-7-3-6-16-15(24)5-4-8-26(16)17-11-20-14(9-19)18(23-17)22-13-10-21-25(2)12-13;11-7-8-1-3-9(4-2-8)10-5-6-10/h10-12,15-16H,3-8H2,1-2H3,(H,22,23);1-4,7,10H,5-6H2. The van der Waals surface area contributed by atoms with Gasteiger partial charge < -0.3 is 15.1 Å². The fourth-order valence-electron chi connectivity index (χ4n) is 5.47. The molecule has 192 valence electrons. The number of nitriles is 1. The minimum atomic E-state index is 0.298. The molecule has 1 saturated carbocycles. The maximum Gasteiger partial charge on any atom is 0.183 e. The zero-order valence-corrected chi connectivity index (χ0v) is 21.5. The van der Waals surface area contributed by atoms with Crippen LogP contribution >= 0.6 is 0 Å². The fraction of sp³-hybridized carbons (Fsp3) is 0.464. The maximum absolute atomic E-state index is 10.3.